The van der Waals surface area contributed by atoms with Crippen molar-refractivity contribution in [3.8, 4) is 6.07 Å². The van der Waals surface area contributed by atoms with E-state index in [1.54, 1.807) is 0 Å². The molecule has 0 aliphatic heterocycles. The molecular formula is C16H19BFN. The fourth-order valence-corrected chi connectivity index (χ4v) is 4.92. The van der Waals surface area contributed by atoms with E-state index in [-0.39, 0.29) is 11.0 Å². The lowest BCUT2D eigenvalue weighted by molar-refractivity contribution is -0.0151. The first kappa shape index (κ1) is 13.0. The van der Waals surface area contributed by atoms with Crippen LogP contribution in [0.1, 0.15) is 38.5 Å². The zero-order valence-electron chi connectivity index (χ0n) is 11.3. The van der Waals surface area contributed by atoms with Crippen LogP contribution in [-0.4, -0.2) is 13.4 Å². The average molecular weight is 255 g/mol. The summed E-state index contributed by atoms with van der Waals surface area (Å²) in [6.45, 7) is 8.00. The van der Waals surface area contributed by atoms with Gasteiger partial charge in [-0.05, 0) is 67.3 Å². The maximum atomic E-state index is 13.9. The Morgan fingerprint density at radius 1 is 1.42 bits per heavy atom. The third kappa shape index (κ3) is 1.97. The van der Waals surface area contributed by atoms with Crippen molar-refractivity contribution in [2.75, 3.05) is 0 Å². The predicted molar refractivity (Wildman–Crippen MR) is 74.1 cm³/mol. The summed E-state index contributed by atoms with van der Waals surface area (Å²) in [4.78, 5) is 0. The van der Waals surface area contributed by atoms with Crippen molar-refractivity contribution in [2.45, 2.75) is 44.1 Å². The van der Waals surface area contributed by atoms with Gasteiger partial charge in [0.25, 0.3) is 0 Å². The van der Waals surface area contributed by atoms with E-state index in [2.05, 4.69) is 13.2 Å². The Kier molecular flexibility index (Phi) is 2.72. The van der Waals surface area contributed by atoms with Crippen LogP contribution in [0.15, 0.2) is 24.3 Å². The number of hydrogen-bond acceptors (Lipinski definition) is 1. The van der Waals surface area contributed by atoms with Crippen molar-refractivity contribution in [3.63, 3.8) is 0 Å². The molecule has 4 fully saturated rings. The molecule has 0 N–H and O–H groups in total. The minimum absolute atomic E-state index is 0.127. The number of nitriles is 1. The molecule has 4 rings (SSSR count). The van der Waals surface area contributed by atoms with Gasteiger partial charge in [0.1, 0.15) is 7.85 Å². The number of halogens is 1. The molecule has 4 aliphatic rings. The number of nitrogens with zero attached hydrogens (tertiary/aromatic N) is 1. The van der Waals surface area contributed by atoms with Crippen LogP contribution < -0.4 is 0 Å². The second kappa shape index (κ2) is 3.98. The Bertz CT molecular complexity index is 469. The highest BCUT2D eigenvalue weighted by Crippen LogP contribution is 2.63. The van der Waals surface area contributed by atoms with Gasteiger partial charge in [0, 0.05) is 0 Å². The summed E-state index contributed by atoms with van der Waals surface area (Å²) in [7, 11) is 5.37. The van der Waals surface area contributed by atoms with E-state index in [4.69, 9.17) is 13.1 Å². The van der Waals surface area contributed by atoms with Crippen LogP contribution in [0.4, 0.5) is 4.39 Å². The molecule has 0 heterocycles. The summed E-state index contributed by atoms with van der Waals surface area (Å²) in [6.07, 6.45) is 6.38. The topological polar surface area (TPSA) is 23.8 Å². The summed E-state index contributed by atoms with van der Waals surface area (Å²) in [5.74, 6) is 1.96. The zero-order valence-corrected chi connectivity index (χ0v) is 11.3. The minimum atomic E-state index is -2.37. The van der Waals surface area contributed by atoms with Crippen LogP contribution in [0.3, 0.4) is 0 Å². The highest BCUT2D eigenvalue weighted by atomic mass is 19.1. The van der Waals surface area contributed by atoms with Crippen LogP contribution in [0.2, 0.25) is 0 Å². The highest BCUT2D eigenvalue weighted by molar-refractivity contribution is 6.18. The van der Waals surface area contributed by atoms with Crippen molar-refractivity contribution in [1.82, 2.24) is 0 Å². The summed E-state index contributed by atoms with van der Waals surface area (Å²) >= 11 is 0. The number of alkyl halides is 1. The molecule has 1 nitrogen and oxygen atoms in total. The van der Waals surface area contributed by atoms with Crippen LogP contribution in [0, 0.1) is 34.5 Å². The first-order valence-electron chi connectivity index (χ1n) is 7.11. The Balaban J connectivity index is 1.81. The normalized spacial score (nSPS) is 42.7. The van der Waals surface area contributed by atoms with Gasteiger partial charge in [-0.25, -0.2) is 4.39 Å². The second-order valence-electron chi connectivity index (χ2n) is 7.02. The largest absolute Gasteiger partial charge is 0.234 e. The second-order valence-corrected chi connectivity index (χ2v) is 7.02. The number of allylic oxidation sites excluding steroid dienone is 2. The summed E-state index contributed by atoms with van der Waals surface area (Å²) in [5.41, 5.74) is -0.581. The summed E-state index contributed by atoms with van der Waals surface area (Å²) in [5, 5.41) is 8.79. The van der Waals surface area contributed by atoms with E-state index < -0.39 is 5.57 Å². The minimum Gasteiger partial charge on any atom is -0.234 e. The van der Waals surface area contributed by atoms with Crippen molar-refractivity contribution < 1.29 is 4.39 Å². The van der Waals surface area contributed by atoms with Gasteiger partial charge in [-0.3, -0.25) is 0 Å². The molecule has 3 unspecified atom stereocenters. The van der Waals surface area contributed by atoms with Crippen molar-refractivity contribution in [1.29, 1.82) is 5.26 Å². The smallest absolute Gasteiger partial charge is 0.171 e. The van der Waals surface area contributed by atoms with E-state index in [0.29, 0.717) is 18.3 Å². The zero-order chi connectivity index (χ0) is 13.8. The van der Waals surface area contributed by atoms with Gasteiger partial charge < -0.3 is 0 Å². The summed E-state index contributed by atoms with van der Waals surface area (Å²) < 4.78 is 13.9. The predicted octanol–water partition coefficient (Wildman–Crippen LogP) is 3.67. The third-order valence-electron chi connectivity index (χ3n) is 5.63. The molecule has 3 heteroatoms. The van der Waals surface area contributed by atoms with E-state index in [0.717, 1.165) is 25.2 Å². The van der Waals surface area contributed by atoms with Gasteiger partial charge in [-0.1, -0.05) is 18.7 Å². The fraction of sp³-hybridized carbons (Fsp3) is 0.688. The van der Waals surface area contributed by atoms with Gasteiger partial charge in [0.15, 0.2) is 5.57 Å². The molecule has 4 saturated carbocycles. The lowest BCUT2D eigenvalue weighted by Crippen LogP contribution is -2.48. The van der Waals surface area contributed by atoms with Gasteiger partial charge in [-0.2, -0.15) is 5.26 Å². The van der Waals surface area contributed by atoms with Crippen LogP contribution in [0.5, 0.6) is 0 Å². The molecule has 0 saturated heterocycles. The molecule has 0 aromatic rings. The lowest BCUT2D eigenvalue weighted by atomic mass is 9.46. The van der Waals surface area contributed by atoms with Gasteiger partial charge in [0.05, 0.1) is 6.07 Å². The van der Waals surface area contributed by atoms with E-state index in [9.17, 15) is 4.39 Å². The van der Waals surface area contributed by atoms with E-state index >= 15 is 0 Å². The lowest BCUT2D eigenvalue weighted by Gasteiger charge is -2.58. The third-order valence-corrected chi connectivity index (χ3v) is 5.63. The van der Waals surface area contributed by atoms with Crippen molar-refractivity contribution >= 4 is 7.85 Å². The standard InChI is InChI=1S/C16H19BFN/c1-10(16(17,18)9-19)5-15-6-12-3-13(7-15)11(2)14(4-12)8-15/h12-14H,1-8H2. The molecule has 4 bridgehead atoms. The van der Waals surface area contributed by atoms with Crippen molar-refractivity contribution in [3.05, 3.63) is 24.3 Å². The molecule has 4 aliphatic carbocycles. The molecule has 19 heavy (non-hydrogen) atoms. The van der Waals surface area contributed by atoms with E-state index in [1.807, 2.05) is 0 Å². The fourth-order valence-electron chi connectivity index (χ4n) is 4.92. The first-order chi connectivity index (χ1) is 8.85. The maximum Gasteiger partial charge on any atom is 0.171 e. The molecule has 0 aromatic carbocycles. The van der Waals surface area contributed by atoms with Crippen molar-refractivity contribution in [2.24, 2.45) is 23.2 Å². The first-order valence-corrected chi connectivity index (χ1v) is 7.11. The maximum absolute atomic E-state index is 13.9. The molecule has 3 atom stereocenters. The molecule has 0 amide bonds. The van der Waals surface area contributed by atoms with Crippen LogP contribution in [-0.2, 0) is 0 Å². The molecule has 0 aromatic heterocycles. The van der Waals surface area contributed by atoms with Gasteiger partial charge in [-0.15, -0.1) is 0 Å². The van der Waals surface area contributed by atoms with Crippen LogP contribution in [0.25, 0.3) is 0 Å². The average Bonchev–Trinajstić information content (AvgIpc) is 2.34. The Hall–Kier alpha value is -1.04. The number of rotatable bonds is 3. The van der Waals surface area contributed by atoms with Gasteiger partial charge >= 0.3 is 0 Å². The van der Waals surface area contributed by atoms with E-state index in [1.165, 1.54) is 24.5 Å². The quantitative estimate of drug-likeness (QED) is 0.557. The monoisotopic (exact) mass is 255 g/mol. The Labute approximate surface area is 116 Å². The van der Waals surface area contributed by atoms with Gasteiger partial charge in [0.2, 0.25) is 0 Å². The molecular weight excluding hydrogens is 236 g/mol. The Morgan fingerprint density at radius 3 is 2.53 bits per heavy atom. The molecule has 2 radical (unpaired) electrons. The SMILES string of the molecule is [B]C(F)(C#N)C(=C)CC12CC3CC(C1)C(=C)C(C3)C2. The van der Waals surface area contributed by atoms with Crippen LogP contribution >= 0.6 is 0 Å². The highest BCUT2D eigenvalue weighted by Gasteiger charge is 2.53. The summed E-state index contributed by atoms with van der Waals surface area (Å²) in [6, 6.07) is 1.53. The molecule has 0 spiro atoms. The molecule has 98 valence electrons. The Morgan fingerprint density at radius 2 is 2.00 bits per heavy atom. The number of hydrogen-bond donors (Lipinski definition) is 0.